The van der Waals surface area contributed by atoms with Gasteiger partial charge in [0.2, 0.25) is 0 Å². The number of rotatable bonds is 0. The maximum atomic E-state index is 11.2. The molecule has 0 saturated heterocycles. The second-order valence-corrected chi connectivity index (χ2v) is 3.36. The van der Waals surface area contributed by atoms with Gasteiger partial charge in [0.25, 0.3) is 0 Å². The van der Waals surface area contributed by atoms with Crippen LogP contribution in [0.5, 0.6) is 0 Å². The molecule has 1 saturated carbocycles. The van der Waals surface area contributed by atoms with Gasteiger partial charge in [-0.1, -0.05) is 26.0 Å². The molecule has 0 spiro atoms. The van der Waals surface area contributed by atoms with Crippen molar-refractivity contribution in [2.75, 3.05) is 0 Å². The van der Waals surface area contributed by atoms with Crippen molar-refractivity contribution < 1.29 is 4.79 Å². The first-order valence-electron chi connectivity index (χ1n) is 3.81. The number of carbonyl (C=O) groups is 1. The van der Waals surface area contributed by atoms with Crippen molar-refractivity contribution >= 4 is 5.78 Å². The van der Waals surface area contributed by atoms with Crippen molar-refractivity contribution in [3.8, 4) is 0 Å². The van der Waals surface area contributed by atoms with Crippen molar-refractivity contribution in [3.05, 3.63) is 12.2 Å². The van der Waals surface area contributed by atoms with E-state index in [0.29, 0.717) is 11.7 Å². The van der Waals surface area contributed by atoms with Crippen LogP contribution >= 0.6 is 0 Å². The zero-order valence-corrected chi connectivity index (χ0v) is 6.68. The number of ketones is 1. The molecule has 0 N–H and O–H groups in total. The van der Waals surface area contributed by atoms with E-state index in [0.717, 1.165) is 18.4 Å². The third kappa shape index (κ3) is 1.28. The van der Waals surface area contributed by atoms with E-state index in [1.165, 1.54) is 0 Å². The van der Waals surface area contributed by atoms with Gasteiger partial charge in [-0.05, 0) is 12.3 Å². The molecule has 1 aliphatic carbocycles. The molecule has 1 fully saturated rings. The molecule has 0 radical (unpaired) electrons. The van der Waals surface area contributed by atoms with Gasteiger partial charge in [0.15, 0.2) is 0 Å². The summed E-state index contributed by atoms with van der Waals surface area (Å²) in [5, 5.41) is 0. The zero-order valence-electron chi connectivity index (χ0n) is 6.68. The molecule has 1 heteroatoms. The van der Waals surface area contributed by atoms with Crippen LogP contribution in [0, 0.1) is 11.8 Å². The molecule has 1 aliphatic rings. The van der Waals surface area contributed by atoms with Gasteiger partial charge in [-0.25, -0.2) is 0 Å². The van der Waals surface area contributed by atoms with Gasteiger partial charge in [-0.2, -0.15) is 0 Å². The van der Waals surface area contributed by atoms with Crippen molar-refractivity contribution in [2.45, 2.75) is 26.7 Å². The van der Waals surface area contributed by atoms with Crippen LogP contribution in [-0.2, 0) is 4.79 Å². The van der Waals surface area contributed by atoms with E-state index in [1.807, 2.05) is 6.92 Å². The van der Waals surface area contributed by atoms with Crippen molar-refractivity contribution in [2.24, 2.45) is 11.8 Å². The second kappa shape index (κ2) is 2.57. The summed E-state index contributed by atoms with van der Waals surface area (Å²) in [6.07, 6.45) is 1.78. The van der Waals surface area contributed by atoms with Gasteiger partial charge in [0.05, 0.1) is 0 Å². The summed E-state index contributed by atoms with van der Waals surface area (Å²) in [7, 11) is 0. The van der Waals surface area contributed by atoms with E-state index in [9.17, 15) is 4.79 Å². The Kier molecular flexibility index (Phi) is 1.93. The average molecular weight is 138 g/mol. The summed E-state index contributed by atoms with van der Waals surface area (Å²) in [4.78, 5) is 11.2. The fraction of sp³-hybridized carbons (Fsp3) is 0.667. The molecule has 0 aromatic heterocycles. The molecule has 2 unspecified atom stereocenters. The zero-order chi connectivity index (χ0) is 7.72. The molecule has 1 nitrogen and oxygen atoms in total. The lowest BCUT2D eigenvalue weighted by Gasteiger charge is -2.24. The number of carbonyl (C=O) groups excluding carboxylic acids is 1. The van der Waals surface area contributed by atoms with E-state index in [1.54, 1.807) is 0 Å². The first-order valence-corrected chi connectivity index (χ1v) is 3.81. The first-order chi connectivity index (χ1) is 4.61. The molecule has 1 rings (SSSR count). The van der Waals surface area contributed by atoms with Crippen molar-refractivity contribution in [1.82, 2.24) is 0 Å². The molecule has 10 heavy (non-hydrogen) atoms. The Morgan fingerprint density at radius 1 is 1.40 bits per heavy atom. The van der Waals surface area contributed by atoms with Crippen LogP contribution in [0.3, 0.4) is 0 Å². The van der Waals surface area contributed by atoms with Crippen LogP contribution in [-0.4, -0.2) is 5.78 Å². The molecule has 0 bridgehead atoms. The van der Waals surface area contributed by atoms with E-state index in [-0.39, 0.29) is 5.92 Å². The predicted octanol–water partition coefficient (Wildman–Crippen LogP) is 2.18. The van der Waals surface area contributed by atoms with Crippen LogP contribution in [0.4, 0.5) is 0 Å². The average Bonchev–Trinajstić information content (AvgIpc) is 1.82. The predicted molar refractivity (Wildman–Crippen MR) is 41.7 cm³/mol. The molecule has 0 aromatic carbocycles. The Hall–Kier alpha value is -0.590. The highest BCUT2D eigenvalue weighted by molar-refractivity contribution is 5.84. The Balaban J connectivity index is 2.66. The Bertz CT molecular complexity index is 152. The maximum Gasteiger partial charge on any atom is 0.139 e. The minimum absolute atomic E-state index is 0.121. The summed E-state index contributed by atoms with van der Waals surface area (Å²) in [5.74, 6) is 1.01. The molecule has 0 heterocycles. The van der Waals surface area contributed by atoms with E-state index in [4.69, 9.17) is 0 Å². The molecule has 0 amide bonds. The molecule has 2 atom stereocenters. The Labute approximate surface area is 62.1 Å². The minimum Gasteiger partial charge on any atom is -0.299 e. The number of Topliss-reactive ketones (excluding diaryl/α,β-unsaturated/α-hetero) is 1. The lowest BCUT2D eigenvalue weighted by atomic mass is 9.80. The third-order valence-electron chi connectivity index (χ3n) is 2.26. The fourth-order valence-corrected chi connectivity index (χ4v) is 1.44. The molecule has 0 aromatic rings. The molecular formula is C9H14O. The lowest BCUT2D eigenvalue weighted by molar-refractivity contribution is -0.123. The lowest BCUT2D eigenvalue weighted by Crippen LogP contribution is -2.22. The monoisotopic (exact) mass is 138 g/mol. The summed E-state index contributed by atoms with van der Waals surface area (Å²) in [5.41, 5.74) is 1.11. The number of hydrogen-bond donors (Lipinski definition) is 0. The topological polar surface area (TPSA) is 17.1 Å². The maximum absolute atomic E-state index is 11.2. The van der Waals surface area contributed by atoms with Crippen LogP contribution in [0.25, 0.3) is 0 Å². The highest BCUT2D eigenvalue weighted by Crippen LogP contribution is 2.28. The fourth-order valence-electron chi connectivity index (χ4n) is 1.44. The van der Waals surface area contributed by atoms with Crippen LogP contribution in [0.15, 0.2) is 12.2 Å². The normalized spacial score (nSPS) is 34.6. The largest absolute Gasteiger partial charge is 0.299 e. The molecule has 0 aliphatic heterocycles. The number of allylic oxidation sites excluding steroid dienone is 1. The quantitative estimate of drug-likeness (QED) is 0.469. The summed E-state index contributed by atoms with van der Waals surface area (Å²) in [6, 6.07) is 0. The van der Waals surface area contributed by atoms with Gasteiger partial charge in [0.1, 0.15) is 5.78 Å². The minimum atomic E-state index is 0.121. The molecule has 56 valence electrons. The smallest absolute Gasteiger partial charge is 0.139 e. The SMILES string of the molecule is C=C1CC(C)CC(=O)C1C. The highest BCUT2D eigenvalue weighted by atomic mass is 16.1. The van der Waals surface area contributed by atoms with Gasteiger partial charge >= 0.3 is 0 Å². The highest BCUT2D eigenvalue weighted by Gasteiger charge is 2.25. The van der Waals surface area contributed by atoms with Gasteiger partial charge in [0, 0.05) is 12.3 Å². The van der Waals surface area contributed by atoms with Crippen molar-refractivity contribution in [1.29, 1.82) is 0 Å². The third-order valence-corrected chi connectivity index (χ3v) is 2.26. The van der Waals surface area contributed by atoms with Gasteiger partial charge in [-0.3, -0.25) is 4.79 Å². The summed E-state index contributed by atoms with van der Waals surface area (Å²) >= 11 is 0. The number of hydrogen-bond acceptors (Lipinski definition) is 1. The first kappa shape index (κ1) is 7.52. The van der Waals surface area contributed by atoms with Crippen LogP contribution in [0.2, 0.25) is 0 Å². The van der Waals surface area contributed by atoms with Gasteiger partial charge in [-0.15, -0.1) is 0 Å². The Morgan fingerprint density at radius 2 is 2.00 bits per heavy atom. The van der Waals surface area contributed by atoms with Crippen molar-refractivity contribution in [3.63, 3.8) is 0 Å². The summed E-state index contributed by atoms with van der Waals surface area (Å²) < 4.78 is 0. The van der Waals surface area contributed by atoms with E-state index < -0.39 is 0 Å². The van der Waals surface area contributed by atoms with E-state index in [2.05, 4.69) is 13.5 Å². The van der Waals surface area contributed by atoms with E-state index >= 15 is 0 Å². The standard InChI is InChI=1S/C9H14O/c1-6-4-7(2)8(3)9(10)5-6/h6,8H,2,4-5H2,1,3H3. The Morgan fingerprint density at radius 3 is 2.50 bits per heavy atom. The second-order valence-electron chi connectivity index (χ2n) is 3.36. The molecular weight excluding hydrogens is 124 g/mol. The summed E-state index contributed by atoms with van der Waals surface area (Å²) in [6.45, 7) is 7.94. The van der Waals surface area contributed by atoms with Gasteiger partial charge < -0.3 is 0 Å². The van der Waals surface area contributed by atoms with Crippen LogP contribution in [0.1, 0.15) is 26.7 Å². The van der Waals surface area contributed by atoms with Crippen LogP contribution < -0.4 is 0 Å².